The second-order valence-corrected chi connectivity index (χ2v) is 20.6. The van der Waals surface area contributed by atoms with Gasteiger partial charge in [-0.3, -0.25) is 9.59 Å². The first-order valence-electron chi connectivity index (χ1n) is 20.3. The van der Waals surface area contributed by atoms with Gasteiger partial charge in [0.2, 0.25) is 5.91 Å². The highest BCUT2D eigenvalue weighted by atomic mass is 16.6. The average molecular weight is 713 g/mol. The molecule has 11 atom stereocenters. The van der Waals surface area contributed by atoms with Crippen LogP contribution in [0.5, 0.6) is 0 Å². The Morgan fingerprint density at radius 1 is 0.882 bits per heavy atom. The number of amides is 1. The van der Waals surface area contributed by atoms with E-state index in [0.29, 0.717) is 11.8 Å². The molecular formula is C43H72N2O6. The summed E-state index contributed by atoms with van der Waals surface area (Å²) < 4.78 is 11.9. The molecule has 0 saturated heterocycles. The summed E-state index contributed by atoms with van der Waals surface area (Å²) in [4.78, 5) is 40.4. The minimum atomic E-state index is -0.842. The lowest BCUT2D eigenvalue weighted by atomic mass is 9.33. The normalized spacial score (nSPS) is 40.0. The van der Waals surface area contributed by atoms with Gasteiger partial charge < -0.3 is 25.6 Å². The van der Waals surface area contributed by atoms with E-state index < -0.39 is 29.6 Å². The summed E-state index contributed by atoms with van der Waals surface area (Å²) in [7, 11) is 0. The van der Waals surface area contributed by atoms with E-state index in [1.807, 2.05) is 27.7 Å². The Kier molecular flexibility index (Phi) is 10.8. The molecule has 0 spiro atoms. The van der Waals surface area contributed by atoms with E-state index >= 15 is 0 Å². The molecule has 1 unspecified atom stereocenters. The maximum atomic E-state index is 14.5. The Morgan fingerprint density at radius 3 is 2.16 bits per heavy atom. The Morgan fingerprint density at radius 2 is 1.53 bits per heavy atom. The zero-order valence-electron chi connectivity index (χ0n) is 34.1. The fourth-order valence-electron chi connectivity index (χ4n) is 12.3. The van der Waals surface area contributed by atoms with Crippen LogP contribution in [0.15, 0.2) is 11.6 Å². The third-order valence-corrected chi connectivity index (χ3v) is 16.0. The molecule has 4 saturated carbocycles. The number of hydrogen-bond acceptors (Lipinski definition) is 7. The van der Waals surface area contributed by atoms with Gasteiger partial charge in [0.25, 0.3) is 0 Å². The highest BCUT2D eigenvalue weighted by Crippen LogP contribution is 2.75. The maximum Gasteiger partial charge on any atom is 0.329 e. The predicted molar refractivity (Wildman–Crippen MR) is 201 cm³/mol. The Balaban J connectivity index is 1.35. The van der Waals surface area contributed by atoms with Gasteiger partial charge in [0, 0.05) is 0 Å². The van der Waals surface area contributed by atoms with Crippen molar-refractivity contribution in [2.75, 3.05) is 6.61 Å². The van der Waals surface area contributed by atoms with Crippen LogP contribution < -0.4 is 11.1 Å². The molecule has 5 aliphatic rings. The van der Waals surface area contributed by atoms with Gasteiger partial charge in [0.15, 0.2) is 0 Å². The molecule has 8 nitrogen and oxygen atoms in total. The van der Waals surface area contributed by atoms with Crippen molar-refractivity contribution in [2.45, 2.75) is 172 Å². The second-order valence-electron chi connectivity index (χ2n) is 20.6. The molecule has 0 radical (unpaired) electrons. The summed E-state index contributed by atoms with van der Waals surface area (Å²) in [6.45, 7) is 26.1. The van der Waals surface area contributed by atoms with Crippen molar-refractivity contribution < 1.29 is 29.0 Å². The fourth-order valence-corrected chi connectivity index (χ4v) is 12.3. The number of aliphatic hydroxyl groups excluding tert-OH is 1. The minimum Gasteiger partial charge on any atom is -0.461 e. The van der Waals surface area contributed by atoms with E-state index in [2.05, 4.69) is 59.9 Å². The number of rotatable bonds is 9. The number of allylic oxidation sites excluding steroid dienone is 2. The maximum absolute atomic E-state index is 14.5. The molecule has 51 heavy (non-hydrogen) atoms. The SMILES string of the molecule is CC(COC(=O)[C@]12CCC(C)(C)C[C@H]1C1=CC[C@@H]3[C@@]4(C)CC[C@H](O)C(C)(C)[C@@H]4CC[C@@]3(C)[C@]1(C)CC2)OC(=O)[C@@H](NC(=O)[C@@H](N)C(C)C)C(C)C. The van der Waals surface area contributed by atoms with Crippen LogP contribution in [-0.2, 0) is 23.9 Å². The number of hydrogen-bond donors (Lipinski definition) is 3. The summed E-state index contributed by atoms with van der Waals surface area (Å²) in [5, 5.41) is 13.9. The molecule has 5 aliphatic carbocycles. The largest absolute Gasteiger partial charge is 0.461 e. The van der Waals surface area contributed by atoms with Gasteiger partial charge in [-0.15, -0.1) is 0 Å². The first-order valence-corrected chi connectivity index (χ1v) is 20.3. The van der Waals surface area contributed by atoms with Crippen LogP contribution in [0, 0.1) is 62.1 Å². The Bertz CT molecular complexity index is 1390. The van der Waals surface area contributed by atoms with Gasteiger partial charge in [-0.2, -0.15) is 0 Å². The quantitative estimate of drug-likeness (QED) is 0.165. The van der Waals surface area contributed by atoms with Crippen molar-refractivity contribution >= 4 is 17.8 Å². The molecule has 0 aromatic carbocycles. The lowest BCUT2D eigenvalue weighted by molar-refractivity contribution is -0.207. The summed E-state index contributed by atoms with van der Waals surface area (Å²) in [5.74, 6) is -0.193. The zero-order valence-corrected chi connectivity index (χ0v) is 34.1. The third-order valence-electron chi connectivity index (χ3n) is 16.0. The molecule has 0 aliphatic heterocycles. The summed E-state index contributed by atoms with van der Waals surface area (Å²) in [6.07, 6.45) is 11.4. The zero-order chi connectivity index (χ0) is 38.1. The number of carbonyl (C=O) groups excluding carboxylic acids is 3. The van der Waals surface area contributed by atoms with E-state index in [0.717, 1.165) is 64.2 Å². The van der Waals surface area contributed by atoms with Crippen LogP contribution in [-0.4, -0.2) is 53.9 Å². The van der Waals surface area contributed by atoms with Crippen LogP contribution >= 0.6 is 0 Å². The lowest BCUT2D eigenvalue weighted by Crippen LogP contribution is -2.65. The van der Waals surface area contributed by atoms with E-state index in [1.54, 1.807) is 6.92 Å². The molecule has 1 amide bonds. The molecule has 0 aromatic rings. The molecule has 0 aromatic heterocycles. The second kappa shape index (κ2) is 13.7. The Hall–Kier alpha value is -1.93. The third kappa shape index (κ3) is 6.63. The van der Waals surface area contributed by atoms with E-state index in [-0.39, 0.29) is 69.4 Å². The van der Waals surface area contributed by atoms with Gasteiger partial charge in [0.1, 0.15) is 18.8 Å². The number of ether oxygens (including phenoxy) is 2. The number of carbonyl (C=O) groups is 3. The van der Waals surface area contributed by atoms with E-state index in [1.165, 1.54) is 5.57 Å². The van der Waals surface area contributed by atoms with Crippen molar-refractivity contribution in [3.8, 4) is 0 Å². The number of fused-ring (bicyclic) bond motifs is 7. The topological polar surface area (TPSA) is 128 Å². The lowest BCUT2D eigenvalue weighted by Gasteiger charge is -2.71. The summed E-state index contributed by atoms with van der Waals surface area (Å²) >= 11 is 0. The van der Waals surface area contributed by atoms with E-state index in [9.17, 15) is 19.5 Å². The Labute approximate surface area is 309 Å². The van der Waals surface area contributed by atoms with Crippen molar-refractivity contribution in [3.05, 3.63) is 11.6 Å². The van der Waals surface area contributed by atoms with Crippen molar-refractivity contribution in [1.29, 1.82) is 0 Å². The average Bonchev–Trinajstić information content (AvgIpc) is 3.03. The molecule has 0 heterocycles. The van der Waals surface area contributed by atoms with Gasteiger partial charge in [0.05, 0.1) is 17.6 Å². The number of aliphatic hydroxyl groups is 1. The highest BCUT2D eigenvalue weighted by Gasteiger charge is 2.69. The standard InChI is InChI=1S/C43H72N2O6/c1-25(2)33(44)35(47)45-34(26(3)4)36(48)51-27(5)24-50-37(49)43-21-19-38(6,7)23-29(43)28-13-14-31-40(10)17-16-32(46)39(8,9)30(40)15-18-42(31,12)41(28,11)20-22-43/h13,25-27,29-34,46H,14-24,44H2,1-12H3,(H,45,47)/t27?,29-,30-,31+,32-,33-,34-,40-,41+,42+,43-/m0/s1. The molecule has 8 heteroatoms. The van der Waals surface area contributed by atoms with Gasteiger partial charge >= 0.3 is 11.9 Å². The van der Waals surface area contributed by atoms with Crippen molar-refractivity contribution in [2.24, 2.45) is 67.8 Å². The number of nitrogens with one attached hydrogen (secondary N) is 1. The molecule has 4 N–H and O–H groups in total. The van der Waals surface area contributed by atoms with Crippen LogP contribution in [0.3, 0.4) is 0 Å². The van der Waals surface area contributed by atoms with Crippen LogP contribution in [0.25, 0.3) is 0 Å². The molecule has 4 fully saturated rings. The molecule has 290 valence electrons. The van der Waals surface area contributed by atoms with Gasteiger partial charge in [-0.1, -0.05) is 87.8 Å². The number of nitrogens with two attached hydrogens (primary N) is 1. The monoisotopic (exact) mass is 713 g/mol. The van der Waals surface area contributed by atoms with E-state index in [4.69, 9.17) is 15.2 Å². The van der Waals surface area contributed by atoms with Gasteiger partial charge in [-0.05, 0) is 128 Å². The molecule has 5 rings (SSSR count). The summed E-state index contributed by atoms with van der Waals surface area (Å²) in [6, 6.07) is -1.56. The highest BCUT2D eigenvalue weighted by molar-refractivity contribution is 5.87. The molecule has 0 bridgehead atoms. The van der Waals surface area contributed by atoms with Crippen molar-refractivity contribution in [3.63, 3.8) is 0 Å². The first-order chi connectivity index (χ1) is 23.5. The first kappa shape index (κ1) is 40.3. The van der Waals surface area contributed by atoms with Crippen molar-refractivity contribution in [1.82, 2.24) is 5.32 Å². The van der Waals surface area contributed by atoms with Crippen LogP contribution in [0.4, 0.5) is 0 Å². The summed E-state index contributed by atoms with van der Waals surface area (Å²) in [5.41, 5.74) is 7.24. The predicted octanol–water partition coefficient (Wildman–Crippen LogP) is 7.75. The van der Waals surface area contributed by atoms with Crippen LogP contribution in [0.2, 0.25) is 0 Å². The minimum absolute atomic E-state index is 0.0107. The smallest absolute Gasteiger partial charge is 0.329 e. The van der Waals surface area contributed by atoms with Gasteiger partial charge in [-0.25, -0.2) is 4.79 Å². The number of esters is 2. The molecular weight excluding hydrogens is 640 g/mol. The van der Waals surface area contributed by atoms with Crippen LogP contribution in [0.1, 0.15) is 147 Å². The fraction of sp³-hybridized carbons (Fsp3) is 0.884.